The van der Waals surface area contributed by atoms with Gasteiger partial charge in [-0.05, 0) is 11.8 Å². The lowest BCUT2D eigenvalue weighted by molar-refractivity contribution is -0.346. The lowest BCUT2D eigenvalue weighted by atomic mass is 9.85. The molecule has 0 aliphatic carbocycles. The van der Waals surface area contributed by atoms with Crippen molar-refractivity contribution in [3.8, 4) is 0 Å². The quantitative estimate of drug-likeness (QED) is 0.376. The van der Waals surface area contributed by atoms with Gasteiger partial charge in [0, 0.05) is 30.9 Å². The molecule has 21 heavy (non-hydrogen) atoms. The van der Waals surface area contributed by atoms with Gasteiger partial charge in [-0.15, -0.1) is 0 Å². The number of carbonyl (C=O) groups excluding carboxylic acids is 1. The maximum absolute atomic E-state index is 13.7. The lowest BCUT2D eigenvalue weighted by Gasteiger charge is -2.33. The van der Waals surface area contributed by atoms with Crippen molar-refractivity contribution < 1.29 is 35.5 Å². The number of halogens is 8. The van der Waals surface area contributed by atoms with Gasteiger partial charge in [-0.3, -0.25) is 4.79 Å². The highest BCUT2D eigenvalue weighted by Gasteiger charge is 2.73. The normalized spacial score (nSPS) is 24.5. The van der Waals surface area contributed by atoms with Crippen LogP contribution in [0.5, 0.6) is 0 Å². The molecule has 0 aromatic rings. The predicted molar refractivity (Wildman–Crippen MR) is 68.7 cm³/mol. The minimum absolute atomic E-state index is 0.0503. The van der Waals surface area contributed by atoms with Gasteiger partial charge in [0.1, 0.15) is 0 Å². The zero-order valence-electron chi connectivity index (χ0n) is 10.9. The highest BCUT2D eigenvalue weighted by Crippen LogP contribution is 2.51. The Balaban J connectivity index is 3.02. The van der Waals surface area contributed by atoms with Crippen molar-refractivity contribution in [3.63, 3.8) is 0 Å². The fourth-order valence-corrected chi connectivity index (χ4v) is 3.35. The Morgan fingerprint density at radius 3 is 1.81 bits per heavy atom. The number of nitrogens with zero attached hydrogens (tertiary/aromatic N) is 1. The summed E-state index contributed by atoms with van der Waals surface area (Å²) in [6.07, 6.45) is -13.8. The van der Waals surface area contributed by atoms with E-state index in [1.807, 2.05) is 22.6 Å². The van der Waals surface area contributed by atoms with Crippen LogP contribution in [0.1, 0.15) is 13.3 Å². The van der Waals surface area contributed by atoms with Gasteiger partial charge in [0.2, 0.25) is 5.91 Å². The van der Waals surface area contributed by atoms with Crippen LogP contribution in [-0.2, 0) is 4.79 Å². The summed E-state index contributed by atoms with van der Waals surface area (Å²) in [6.45, 7) is 0.929. The zero-order chi connectivity index (χ0) is 16.6. The second kappa shape index (κ2) is 6.07. The van der Waals surface area contributed by atoms with E-state index in [4.69, 9.17) is 0 Å². The van der Waals surface area contributed by atoms with Crippen LogP contribution in [0.25, 0.3) is 0 Å². The largest absolute Gasteiger partial charge is 0.431 e. The molecule has 0 radical (unpaired) electrons. The standard InChI is InChI=1S/C11H13F7INO/c1-6(21)20-4-7(8(3-19)5-20)2-9(12,10(13,14)15)11(16,17)18/h7-8H,2-5H2,1H3/t7-,8+/m0/s1. The van der Waals surface area contributed by atoms with Crippen molar-refractivity contribution in [3.05, 3.63) is 0 Å². The molecule has 1 amide bonds. The van der Waals surface area contributed by atoms with Crippen LogP contribution in [-0.4, -0.2) is 46.3 Å². The molecule has 124 valence electrons. The summed E-state index contributed by atoms with van der Waals surface area (Å²) in [6, 6.07) is 0. The van der Waals surface area contributed by atoms with E-state index in [9.17, 15) is 35.5 Å². The van der Waals surface area contributed by atoms with Crippen LogP contribution in [0.15, 0.2) is 0 Å². The summed E-state index contributed by atoms with van der Waals surface area (Å²) in [5.41, 5.74) is -5.25. The molecule has 2 nitrogen and oxygen atoms in total. The molecule has 1 fully saturated rings. The van der Waals surface area contributed by atoms with Gasteiger partial charge in [-0.2, -0.15) is 26.3 Å². The molecule has 2 atom stereocenters. The smallest absolute Gasteiger partial charge is 0.342 e. The first kappa shape index (κ1) is 18.8. The molecule has 0 aromatic carbocycles. The van der Waals surface area contributed by atoms with Gasteiger partial charge in [-0.25, -0.2) is 4.39 Å². The first-order chi connectivity index (χ1) is 9.33. The molecule has 0 saturated carbocycles. The molecule has 0 N–H and O–H groups in total. The molecular formula is C11H13F7INO. The van der Waals surface area contributed by atoms with Crippen molar-refractivity contribution in [2.45, 2.75) is 31.4 Å². The Hall–Kier alpha value is -0.290. The maximum atomic E-state index is 13.7. The number of rotatable bonds is 3. The van der Waals surface area contributed by atoms with E-state index in [0.29, 0.717) is 0 Å². The van der Waals surface area contributed by atoms with E-state index < -0.39 is 42.2 Å². The van der Waals surface area contributed by atoms with E-state index >= 15 is 0 Å². The SMILES string of the molecule is CC(=O)N1C[C@@H](CI)[C@@H](CC(F)(C(F)(F)F)C(F)(F)F)C1. The Morgan fingerprint density at radius 2 is 1.48 bits per heavy atom. The van der Waals surface area contributed by atoms with Crippen molar-refractivity contribution in [1.29, 1.82) is 0 Å². The number of carbonyl (C=O) groups is 1. The molecule has 0 unspecified atom stereocenters. The lowest BCUT2D eigenvalue weighted by Crippen LogP contribution is -2.54. The molecule has 1 heterocycles. The number of likely N-dealkylation sites (tertiary alicyclic amines) is 1. The molecule has 1 rings (SSSR count). The predicted octanol–water partition coefficient (Wildman–Crippen LogP) is 3.74. The van der Waals surface area contributed by atoms with Crippen LogP contribution in [0.4, 0.5) is 30.7 Å². The molecule has 0 aromatic heterocycles. The first-order valence-electron chi connectivity index (χ1n) is 5.97. The summed E-state index contributed by atoms with van der Waals surface area (Å²) >= 11 is 1.81. The van der Waals surface area contributed by atoms with Crippen LogP contribution in [0, 0.1) is 11.8 Å². The van der Waals surface area contributed by atoms with Crippen molar-refractivity contribution >= 4 is 28.5 Å². The van der Waals surface area contributed by atoms with Gasteiger partial charge < -0.3 is 4.90 Å². The topological polar surface area (TPSA) is 20.3 Å². The van der Waals surface area contributed by atoms with Crippen LogP contribution in [0.3, 0.4) is 0 Å². The van der Waals surface area contributed by atoms with E-state index in [1.165, 1.54) is 6.92 Å². The monoisotopic (exact) mass is 435 g/mol. The molecule has 0 bridgehead atoms. The second-order valence-electron chi connectivity index (χ2n) is 5.10. The summed E-state index contributed by atoms with van der Waals surface area (Å²) in [4.78, 5) is 12.4. The van der Waals surface area contributed by atoms with E-state index in [0.717, 1.165) is 4.90 Å². The zero-order valence-corrected chi connectivity index (χ0v) is 13.0. The fourth-order valence-electron chi connectivity index (χ4n) is 2.36. The molecule has 1 aliphatic heterocycles. The van der Waals surface area contributed by atoms with Gasteiger partial charge in [0.05, 0.1) is 0 Å². The van der Waals surface area contributed by atoms with Gasteiger partial charge in [-0.1, -0.05) is 22.6 Å². The van der Waals surface area contributed by atoms with Gasteiger partial charge >= 0.3 is 12.4 Å². The van der Waals surface area contributed by atoms with Crippen molar-refractivity contribution in [1.82, 2.24) is 4.90 Å². The Labute approximate surface area is 130 Å². The first-order valence-corrected chi connectivity index (χ1v) is 7.50. The minimum atomic E-state index is -6.04. The summed E-state index contributed by atoms with van der Waals surface area (Å²) < 4.78 is 89.4. The summed E-state index contributed by atoms with van der Waals surface area (Å²) in [5.74, 6) is -2.22. The maximum Gasteiger partial charge on any atom is 0.431 e. The number of alkyl halides is 8. The fraction of sp³-hybridized carbons (Fsp3) is 0.909. The van der Waals surface area contributed by atoms with Gasteiger partial charge in [0.25, 0.3) is 5.67 Å². The van der Waals surface area contributed by atoms with Crippen LogP contribution in [0.2, 0.25) is 0 Å². The van der Waals surface area contributed by atoms with Crippen molar-refractivity contribution in [2.24, 2.45) is 11.8 Å². The summed E-state index contributed by atoms with van der Waals surface area (Å²) in [5, 5.41) is 0. The average molecular weight is 435 g/mol. The Morgan fingerprint density at radius 1 is 1.05 bits per heavy atom. The highest BCUT2D eigenvalue weighted by molar-refractivity contribution is 14.1. The van der Waals surface area contributed by atoms with Crippen LogP contribution >= 0.6 is 22.6 Å². The number of hydrogen-bond acceptors (Lipinski definition) is 1. The Bertz CT molecular complexity index is 381. The molecule has 1 saturated heterocycles. The third kappa shape index (κ3) is 3.73. The third-order valence-electron chi connectivity index (χ3n) is 3.66. The molecule has 1 aliphatic rings. The molecular weight excluding hydrogens is 422 g/mol. The summed E-state index contributed by atoms with van der Waals surface area (Å²) in [7, 11) is 0. The third-order valence-corrected chi connectivity index (χ3v) is 4.79. The Kier molecular flexibility index (Phi) is 5.42. The molecule has 0 spiro atoms. The van der Waals surface area contributed by atoms with E-state index in [-0.39, 0.29) is 17.5 Å². The van der Waals surface area contributed by atoms with Crippen LogP contribution < -0.4 is 0 Å². The number of amides is 1. The number of hydrogen-bond donors (Lipinski definition) is 0. The van der Waals surface area contributed by atoms with Gasteiger partial charge in [0.15, 0.2) is 0 Å². The molecule has 10 heteroatoms. The van der Waals surface area contributed by atoms with E-state index in [2.05, 4.69) is 0 Å². The highest BCUT2D eigenvalue weighted by atomic mass is 127. The average Bonchev–Trinajstić information content (AvgIpc) is 2.69. The van der Waals surface area contributed by atoms with Crippen molar-refractivity contribution in [2.75, 3.05) is 17.5 Å². The van der Waals surface area contributed by atoms with E-state index in [1.54, 1.807) is 0 Å². The second-order valence-corrected chi connectivity index (χ2v) is 5.98. The minimum Gasteiger partial charge on any atom is -0.342 e.